The Morgan fingerprint density at radius 3 is 1.65 bits per heavy atom. The van der Waals surface area contributed by atoms with Gasteiger partial charge in [0.25, 0.3) is 0 Å². The first kappa shape index (κ1) is 50.6. The number of carbonyl (C=O) groups is 3. The molecule has 0 spiro atoms. The summed E-state index contributed by atoms with van der Waals surface area (Å²) < 4.78 is 19.7. The van der Waals surface area contributed by atoms with Gasteiger partial charge in [0.15, 0.2) is 11.5 Å². The highest BCUT2D eigenvalue weighted by atomic mass is 16.5. The van der Waals surface area contributed by atoms with Crippen LogP contribution in [0.25, 0.3) is 12.2 Å². The largest absolute Gasteiger partial charge is 0.469 e. The predicted molar refractivity (Wildman–Crippen MR) is 202 cm³/mol. The van der Waals surface area contributed by atoms with E-state index in [4.69, 9.17) is 8.83 Å². The summed E-state index contributed by atoms with van der Waals surface area (Å²) >= 11 is 0. The van der Waals surface area contributed by atoms with Gasteiger partial charge < -0.3 is 43.8 Å². The molecule has 0 saturated heterocycles. The summed E-state index contributed by atoms with van der Waals surface area (Å²) in [4.78, 5) is 34.2. The fourth-order valence-electron chi connectivity index (χ4n) is 4.90. The van der Waals surface area contributed by atoms with E-state index < -0.39 is 30.5 Å². The zero-order valence-electron chi connectivity index (χ0n) is 30.0. The molecule has 0 aliphatic carbocycles. The summed E-state index contributed by atoms with van der Waals surface area (Å²) in [6.07, 6.45) is 13.1. The van der Waals surface area contributed by atoms with Gasteiger partial charge in [0, 0.05) is 30.4 Å². The molecule has 12 heteroatoms. The number of carbonyl (C=O) groups excluding carboxylic acids is 3. The van der Waals surface area contributed by atoms with Crippen molar-refractivity contribution in [2.24, 2.45) is 0 Å². The van der Waals surface area contributed by atoms with Crippen molar-refractivity contribution < 1.29 is 58.2 Å². The molecule has 2 aromatic rings. The SMILES string of the molecule is C.C.CCCCCC(=O)c1occc1/C=C/[C@@H](O)[C@@H](O)CCCC(=O)OC.CCCCC[C@H](O)c1occc1/C=C/[C@@H](O)[C@@H](O)CCCC(=O)OC. The number of hydrogen-bond donors (Lipinski definition) is 5. The van der Waals surface area contributed by atoms with Crippen molar-refractivity contribution in [1.82, 2.24) is 0 Å². The van der Waals surface area contributed by atoms with Crippen molar-refractivity contribution in [3.8, 4) is 0 Å². The number of Topliss-reactive ketones (excluding diaryl/α,β-unsaturated/α-hetero) is 1. The van der Waals surface area contributed by atoms with Gasteiger partial charge in [-0.15, -0.1) is 0 Å². The summed E-state index contributed by atoms with van der Waals surface area (Å²) in [5.41, 5.74) is 1.27. The zero-order chi connectivity index (χ0) is 37.3. The Morgan fingerprint density at radius 1 is 0.654 bits per heavy atom. The number of unbranched alkanes of at least 4 members (excludes halogenated alkanes) is 4. The van der Waals surface area contributed by atoms with Crippen molar-refractivity contribution in [3.63, 3.8) is 0 Å². The van der Waals surface area contributed by atoms with Crippen LogP contribution in [-0.2, 0) is 19.1 Å². The first-order chi connectivity index (χ1) is 24.0. The normalized spacial score (nSPS) is 13.9. The van der Waals surface area contributed by atoms with Gasteiger partial charge in [-0.1, -0.05) is 85.1 Å². The monoisotopic (exact) mass is 738 g/mol. The number of ketones is 1. The van der Waals surface area contributed by atoms with E-state index in [1.54, 1.807) is 24.3 Å². The molecule has 0 aromatic carbocycles. The molecule has 52 heavy (non-hydrogen) atoms. The van der Waals surface area contributed by atoms with Gasteiger partial charge in [-0.25, -0.2) is 0 Å². The number of aliphatic hydroxyl groups is 5. The summed E-state index contributed by atoms with van der Waals surface area (Å²) in [5, 5.41) is 50.0. The van der Waals surface area contributed by atoms with Crippen LogP contribution in [0.5, 0.6) is 0 Å². The molecule has 2 aromatic heterocycles. The van der Waals surface area contributed by atoms with E-state index in [1.165, 1.54) is 38.9 Å². The van der Waals surface area contributed by atoms with Gasteiger partial charge >= 0.3 is 11.9 Å². The van der Waals surface area contributed by atoms with Crippen molar-refractivity contribution >= 4 is 29.9 Å². The second-order valence-electron chi connectivity index (χ2n) is 12.1. The zero-order valence-corrected chi connectivity index (χ0v) is 30.0. The maximum absolute atomic E-state index is 12.1. The third-order valence-corrected chi connectivity index (χ3v) is 8.02. The Bertz CT molecular complexity index is 1280. The summed E-state index contributed by atoms with van der Waals surface area (Å²) in [6.45, 7) is 4.18. The minimum Gasteiger partial charge on any atom is -0.469 e. The fraction of sp³-hybridized carbons (Fsp3) is 0.625. The Labute approximate surface area is 310 Å². The lowest BCUT2D eigenvalue weighted by Gasteiger charge is -2.14. The first-order valence-corrected chi connectivity index (χ1v) is 17.6. The average Bonchev–Trinajstić information content (AvgIpc) is 3.79. The molecule has 0 fully saturated rings. The van der Waals surface area contributed by atoms with E-state index in [9.17, 15) is 39.9 Å². The topological polar surface area (TPSA) is 197 Å². The van der Waals surface area contributed by atoms with Gasteiger partial charge in [-0.3, -0.25) is 14.4 Å². The highest BCUT2D eigenvalue weighted by Gasteiger charge is 2.18. The van der Waals surface area contributed by atoms with Crippen LogP contribution in [0, 0.1) is 0 Å². The minimum atomic E-state index is -1.09. The summed E-state index contributed by atoms with van der Waals surface area (Å²) in [6, 6.07) is 3.37. The van der Waals surface area contributed by atoms with Crippen LogP contribution in [0.15, 0.2) is 45.6 Å². The van der Waals surface area contributed by atoms with Crippen LogP contribution in [0.4, 0.5) is 0 Å². The molecule has 298 valence electrons. The minimum absolute atomic E-state index is 0. The van der Waals surface area contributed by atoms with Crippen molar-refractivity contribution in [3.05, 3.63) is 59.5 Å². The van der Waals surface area contributed by atoms with Gasteiger partial charge in [0.1, 0.15) is 11.9 Å². The molecule has 5 atom stereocenters. The standard InChI is InChI=1S/C19H30O6.C19H28O6.2CH4/c2*1-3-4-5-7-17(22)19-14(12-13-25-19)10-11-16(21)15(20)8-6-9-18(23)24-2;;/h10-13,15-17,20-22H,3-9H2,1-2H3;10-13,15-16,20-21H,3-9H2,1-2H3;2*1H4/b2*11-10+;;/t15-,16+,17-;15-,16+;;/m00../s1. The molecule has 0 aliphatic rings. The van der Waals surface area contributed by atoms with Crippen LogP contribution in [0.3, 0.4) is 0 Å². The van der Waals surface area contributed by atoms with Crippen LogP contribution >= 0.6 is 0 Å². The van der Waals surface area contributed by atoms with Crippen molar-refractivity contribution in [2.75, 3.05) is 14.2 Å². The Morgan fingerprint density at radius 2 is 1.13 bits per heavy atom. The Hall–Kier alpha value is -3.55. The molecule has 5 N–H and O–H groups in total. The number of aliphatic hydroxyl groups excluding tert-OH is 5. The lowest BCUT2D eigenvalue weighted by atomic mass is 10.0. The van der Waals surface area contributed by atoms with Crippen molar-refractivity contribution in [1.29, 1.82) is 0 Å². The fourth-order valence-corrected chi connectivity index (χ4v) is 4.90. The summed E-state index contributed by atoms with van der Waals surface area (Å²) in [7, 11) is 2.62. The van der Waals surface area contributed by atoms with E-state index in [-0.39, 0.29) is 57.6 Å². The Balaban J connectivity index is 0. The predicted octanol–water partition coefficient (Wildman–Crippen LogP) is 7.36. The maximum Gasteiger partial charge on any atom is 0.305 e. The number of furan rings is 2. The van der Waals surface area contributed by atoms with Crippen LogP contribution in [0.1, 0.15) is 152 Å². The van der Waals surface area contributed by atoms with Gasteiger partial charge in [-0.2, -0.15) is 0 Å². The molecular weight excluding hydrogens is 672 g/mol. The Kier molecular flexibility index (Phi) is 29.1. The van der Waals surface area contributed by atoms with Crippen LogP contribution < -0.4 is 0 Å². The lowest BCUT2D eigenvalue weighted by Crippen LogP contribution is -2.23. The molecule has 0 radical (unpaired) electrons. The number of esters is 2. The van der Waals surface area contributed by atoms with Crippen LogP contribution in [-0.4, -0.2) is 81.9 Å². The second kappa shape index (κ2) is 30.0. The van der Waals surface area contributed by atoms with Gasteiger partial charge in [-0.05, 0) is 50.7 Å². The van der Waals surface area contributed by atoms with E-state index in [2.05, 4.69) is 23.3 Å². The van der Waals surface area contributed by atoms with Gasteiger partial charge in [0.05, 0.1) is 51.2 Å². The third-order valence-electron chi connectivity index (χ3n) is 8.02. The molecule has 0 saturated carbocycles. The van der Waals surface area contributed by atoms with Crippen molar-refractivity contribution in [2.45, 2.75) is 149 Å². The smallest absolute Gasteiger partial charge is 0.305 e. The molecule has 0 amide bonds. The summed E-state index contributed by atoms with van der Waals surface area (Å²) in [5.74, 6) is 0.00451. The first-order valence-electron chi connectivity index (χ1n) is 17.6. The van der Waals surface area contributed by atoms with Gasteiger partial charge in [0.2, 0.25) is 0 Å². The second-order valence-corrected chi connectivity index (χ2v) is 12.1. The van der Waals surface area contributed by atoms with Crippen LogP contribution in [0.2, 0.25) is 0 Å². The number of hydrogen-bond acceptors (Lipinski definition) is 12. The lowest BCUT2D eigenvalue weighted by molar-refractivity contribution is -0.141. The number of ether oxygens (including phenoxy) is 2. The number of rotatable bonds is 24. The van der Waals surface area contributed by atoms with E-state index in [1.807, 2.05) is 0 Å². The quantitative estimate of drug-likeness (QED) is 0.0408. The van der Waals surface area contributed by atoms with E-state index >= 15 is 0 Å². The highest BCUT2D eigenvalue weighted by Crippen LogP contribution is 2.26. The maximum atomic E-state index is 12.1. The number of methoxy groups -OCH3 is 2. The molecule has 0 aliphatic heterocycles. The molecule has 2 rings (SSSR count). The molecule has 0 bridgehead atoms. The molecule has 12 nitrogen and oxygen atoms in total. The molecule has 2 heterocycles. The third kappa shape index (κ3) is 20.5. The molecule has 0 unspecified atom stereocenters. The highest BCUT2D eigenvalue weighted by molar-refractivity contribution is 5.96. The van der Waals surface area contributed by atoms with E-state index in [0.717, 1.165) is 38.5 Å². The molecular formula is C40H66O12. The van der Waals surface area contributed by atoms with E-state index in [0.29, 0.717) is 49.0 Å². The average molecular weight is 739 g/mol.